The Morgan fingerprint density at radius 1 is 1.27 bits per heavy atom. The van der Waals surface area contributed by atoms with E-state index in [-0.39, 0.29) is 0 Å². The predicted molar refractivity (Wildman–Crippen MR) is 46.7 cm³/mol. The molecule has 0 N–H and O–H groups in total. The normalized spacial score (nSPS) is 8.82. The van der Waals surface area contributed by atoms with Gasteiger partial charge in [0.1, 0.15) is 5.76 Å². The van der Waals surface area contributed by atoms with Crippen LogP contribution in [0.3, 0.4) is 0 Å². The maximum atomic E-state index is 5.19. The summed E-state index contributed by atoms with van der Waals surface area (Å²) in [5.74, 6) is 1.72. The minimum Gasteiger partial charge on any atom is -0.446 e. The zero-order chi connectivity index (χ0) is 8.85. The van der Waals surface area contributed by atoms with E-state index in [1.54, 1.807) is 0 Å². The van der Waals surface area contributed by atoms with Crippen molar-refractivity contribution < 1.29 is 4.42 Å². The summed E-state index contributed by atoms with van der Waals surface area (Å²) in [4.78, 5) is 4.16. The van der Waals surface area contributed by atoms with Crippen molar-refractivity contribution in [3.63, 3.8) is 0 Å². The highest BCUT2D eigenvalue weighted by Gasteiger charge is 2.01. The number of nitrogens with zero attached hydrogens (tertiary/aromatic N) is 1. The van der Waals surface area contributed by atoms with E-state index < -0.39 is 0 Å². The maximum absolute atomic E-state index is 5.19. The lowest BCUT2D eigenvalue weighted by Gasteiger charge is -1.83. The van der Waals surface area contributed by atoms with Crippen LogP contribution in [0.1, 0.15) is 38.1 Å². The maximum Gasteiger partial charge on any atom is 0.191 e. The molecule has 11 heavy (non-hydrogen) atoms. The fourth-order valence-electron chi connectivity index (χ4n) is 0.900. The Morgan fingerprint density at radius 3 is 2.00 bits per heavy atom. The van der Waals surface area contributed by atoms with Crippen molar-refractivity contribution >= 4 is 0 Å². The number of aryl methyl sites for hydroxylation is 3. The molecular formula is C9H17NO. The molecule has 64 valence electrons. The van der Waals surface area contributed by atoms with Gasteiger partial charge in [-0.05, 0) is 13.3 Å². The second kappa shape index (κ2) is 4.94. The zero-order valence-corrected chi connectivity index (χ0v) is 8.06. The van der Waals surface area contributed by atoms with Gasteiger partial charge in [-0.3, -0.25) is 0 Å². The number of hydrogen-bond acceptors (Lipinski definition) is 2. The summed E-state index contributed by atoms with van der Waals surface area (Å²) >= 11 is 0. The first-order valence-electron chi connectivity index (χ1n) is 4.17. The van der Waals surface area contributed by atoms with Crippen LogP contribution in [0.25, 0.3) is 0 Å². The molecule has 0 saturated carbocycles. The van der Waals surface area contributed by atoms with Gasteiger partial charge in [0, 0.05) is 6.92 Å². The standard InChI is InChI=1S/C7H11NO.C2H6/c1-4-7-5(2)9-6(3)8-7;1-2/h4H2,1-3H3;1-2H3. The molecule has 0 bridgehead atoms. The minimum atomic E-state index is 0.768. The summed E-state index contributed by atoms with van der Waals surface area (Å²) in [6.45, 7) is 9.88. The SMILES string of the molecule is CC.CCc1nc(C)oc1C. The van der Waals surface area contributed by atoms with Crippen molar-refractivity contribution in [2.24, 2.45) is 0 Å². The third-order valence-corrected chi connectivity index (χ3v) is 1.33. The zero-order valence-electron chi connectivity index (χ0n) is 8.06. The number of aromatic nitrogens is 1. The van der Waals surface area contributed by atoms with Crippen molar-refractivity contribution in [3.05, 3.63) is 17.3 Å². The molecule has 0 saturated heterocycles. The number of hydrogen-bond donors (Lipinski definition) is 0. The highest BCUT2D eigenvalue weighted by molar-refractivity contribution is 5.06. The first-order chi connectivity index (χ1) is 5.24. The van der Waals surface area contributed by atoms with Crippen LogP contribution in [0.15, 0.2) is 4.42 Å². The predicted octanol–water partition coefficient (Wildman–Crippen LogP) is 2.88. The lowest BCUT2D eigenvalue weighted by Crippen LogP contribution is -1.81. The van der Waals surface area contributed by atoms with E-state index in [0.29, 0.717) is 0 Å². The average Bonchev–Trinajstić information content (AvgIpc) is 2.33. The van der Waals surface area contributed by atoms with Crippen LogP contribution in [0, 0.1) is 13.8 Å². The topological polar surface area (TPSA) is 26.0 Å². The molecule has 0 atom stereocenters. The average molecular weight is 155 g/mol. The monoisotopic (exact) mass is 155 g/mol. The Morgan fingerprint density at radius 2 is 1.82 bits per heavy atom. The summed E-state index contributed by atoms with van der Waals surface area (Å²) in [7, 11) is 0. The van der Waals surface area contributed by atoms with Crippen molar-refractivity contribution in [3.8, 4) is 0 Å². The van der Waals surface area contributed by atoms with Crippen molar-refractivity contribution in [2.75, 3.05) is 0 Å². The molecule has 1 aromatic rings. The molecule has 0 fully saturated rings. The van der Waals surface area contributed by atoms with Crippen LogP contribution >= 0.6 is 0 Å². The molecule has 0 aromatic carbocycles. The lowest BCUT2D eigenvalue weighted by atomic mass is 10.3. The summed E-state index contributed by atoms with van der Waals surface area (Å²) < 4.78 is 5.19. The van der Waals surface area contributed by atoms with Gasteiger partial charge < -0.3 is 4.42 Å². The summed E-state index contributed by atoms with van der Waals surface area (Å²) in [5.41, 5.74) is 1.08. The lowest BCUT2D eigenvalue weighted by molar-refractivity contribution is 0.493. The van der Waals surface area contributed by atoms with E-state index in [9.17, 15) is 0 Å². The number of oxazole rings is 1. The second-order valence-electron chi connectivity index (χ2n) is 2.09. The third kappa shape index (κ3) is 2.74. The largest absolute Gasteiger partial charge is 0.446 e. The quantitative estimate of drug-likeness (QED) is 0.623. The molecule has 2 heteroatoms. The van der Waals surface area contributed by atoms with E-state index in [2.05, 4.69) is 11.9 Å². The first kappa shape index (κ1) is 10.2. The van der Waals surface area contributed by atoms with Gasteiger partial charge in [-0.1, -0.05) is 20.8 Å². The van der Waals surface area contributed by atoms with Crippen LogP contribution in [0.5, 0.6) is 0 Å². The molecule has 1 heterocycles. The summed E-state index contributed by atoms with van der Waals surface area (Å²) in [6.07, 6.45) is 0.961. The fourth-order valence-corrected chi connectivity index (χ4v) is 0.900. The Kier molecular flexibility index (Phi) is 4.59. The smallest absolute Gasteiger partial charge is 0.191 e. The summed E-state index contributed by atoms with van der Waals surface area (Å²) in [5, 5.41) is 0. The Labute approximate surface area is 68.6 Å². The first-order valence-corrected chi connectivity index (χ1v) is 4.17. The van der Waals surface area contributed by atoms with Gasteiger partial charge in [-0.15, -0.1) is 0 Å². The highest BCUT2D eigenvalue weighted by atomic mass is 16.4. The Hall–Kier alpha value is -0.790. The van der Waals surface area contributed by atoms with Gasteiger partial charge in [0.2, 0.25) is 0 Å². The van der Waals surface area contributed by atoms with Crippen LogP contribution in [-0.4, -0.2) is 4.98 Å². The molecule has 0 aliphatic rings. The molecule has 0 spiro atoms. The van der Waals surface area contributed by atoms with Gasteiger partial charge in [0.05, 0.1) is 5.69 Å². The van der Waals surface area contributed by atoms with E-state index in [4.69, 9.17) is 4.42 Å². The van der Waals surface area contributed by atoms with E-state index in [1.807, 2.05) is 27.7 Å². The van der Waals surface area contributed by atoms with E-state index in [0.717, 1.165) is 23.8 Å². The van der Waals surface area contributed by atoms with Crippen molar-refractivity contribution in [2.45, 2.75) is 41.0 Å². The van der Waals surface area contributed by atoms with E-state index in [1.165, 1.54) is 0 Å². The molecule has 2 nitrogen and oxygen atoms in total. The minimum absolute atomic E-state index is 0.768. The molecule has 0 aliphatic heterocycles. The van der Waals surface area contributed by atoms with Crippen LogP contribution in [-0.2, 0) is 6.42 Å². The van der Waals surface area contributed by atoms with Gasteiger partial charge in [0.15, 0.2) is 5.89 Å². The highest BCUT2D eigenvalue weighted by Crippen LogP contribution is 2.08. The van der Waals surface area contributed by atoms with Crippen LogP contribution in [0.4, 0.5) is 0 Å². The van der Waals surface area contributed by atoms with Crippen LogP contribution in [0.2, 0.25) is 0 Å². The molecule has 0 unspecified atom stereocenters. The van der Waals surface area contributed by atoms with Gasteiger partial charge in [-0.2, -0.15) is 0 Å². The van der Waals surface area contributed by atoms with Crippen molar-refractivity contribution in [1.82, 2.24) is 4.98 Å². The van der Waals surface area contributed by atoms with Crippen molar-refractivity contribution in [1.29, 1.82) is 0 Å². The molecular weight excluding hydrogens is 138 g/mol. The molecule has 1 rings (SSSR count). The van der Waals surface area contributed by atoms with Gasteiger partial charge in [-0.25, -0.2) is 4.98 Å². The number of rotatable bonds is 1. The Balaban J connectivity index is 0.000000461. The van der Waals surface area contributed by atoms with Gasteiger partial charge in [0.25, 0.3) is 0 Å². The molecule has 0 aliphatic carbocycles. The van der Waals surface area contributed by atoms with Gasteiger partial charge >= 0.3 is 0 Å². The molecule has 1 aromatic heterocycles. The van der Waals surface area contributed by atoms with E-state index >= 15 is 0 Å². The molecule has 0 amide bonds. The van der Waals surface area contributed by atoms with Crippen LogP contribution < -0.4 is 0 Å². The second-order valence-corrected chi connectivity index (χ2v) is 2.09. The summed E-state index contributed by atoms with van der Waals surface area (Å²) in [6, 6.07) is 0. The third-order valence-electron chi connectivity index (χ3n) is 1.33. The fraction of sp³-hybridized carbons (Fsp3) is 0.667. The molecule has 0 radical (unpaired) electrons. The Bertz CT molecular complexity index is 203.